The molecule has 0 amide bonds. The topological polar surface area (TPSA) is 28.7 Å². The molecular formula is C46H30N2. The summed E-state index contributed by atoms with van der Waals surface area (Å²) in [4.78, 5) is 0. The van der Waals surface area contributed by atoms with Crippen LogP contribution in [-0.4, -0.2) is 4.57 Å². The van der Waals surface area contributed by atoms with Crippen LogP contribution in [0, 0.1) is 11.3 Å². The van der Waals surface area contributed by atoms with E-state index in [9.17, 15) is 5.26 Å². The van der Waals surface area contributed by atoms with E-state index in [0.29, 0.717) is 5.56 Å². The van der Waals surface area contributed by atoms with Crippen molar-refractivity contribution in [3.05, 3.63) is 187 Å². The fourth-order valence-corrected chi connectivity index (χ4v) is 7.70. The third kappa shape index (κ3) is 4.33. The number of benzene rings is 8. The average molecular weight is 611 g/mol. The summed E-state index contributed by atoms with van der Waals surface area (Å²) in [5, 5.41) is 18.2. The molecular weight excluding hydrogens is 581 g/mol. The highest BCUT2D eigenvalue weighted by Gasteiger charge is 2.20. The van der Waals surface area contributed by atoms with Crippen molar-refractivity contribution < 1.29 is 0 Å². The van der Waals surface area contributed by atoms with Crippen LogP contribution in [0.3, 0.4) is 0 Å². The largest absolute Gasteiger partial charge is 0.308 e. The third-order valence-electron chi connectivity index (χ3n) is 9.76. The fourth-order valence-electron chi connectivity index (χ4n) is 7.70. The van der Waals surface area contributed by atoms with Gasteiger partial charge in [-0.15, -0.1) is 0 Å². The molecule has 48 heavy (non-hydrogen) atoms. The Kier molecular flexibility index (Phi) is 6.63. The van der Waals surface area contributed by atoms with E-state index in [0.717, 1.165) is 34.3 Å². The van der Waals surface area contributed by atoms with Crippen LogP contribution in [0.15, 0.2) is 170 Å². The van der Waals surface area contributed by atoms with Crippen LogP contribution in [0.5, 0.6) is 0 Å². The van der Waals surface area contributed by atoms with Crippen LogP contribution in [0.4, 0.5) is 0 Å². The Balaban J connectivity index is 1.26. The van der Waals surface area contributed by atoms with E-state index in [1.54, 1.807) is 0 Å². The van der Waals surface area contributed by atoms with Crippen molar-refractivity contribution in [2.75, 3.05) is 0 Å². The van der Waals surface area contributed by atoms with E-state index in [1.165, 1.54) is 54.6 Å². The molecule has 1 heterocycles. The van der Waals surface area contributed by atoms with Gasteiger partial charge in [-0.25, -0.2) is 0 Å². The van der Waals surface area contributed by atoms with Crippen molar-refractivity contribution in [1.29, 1.82) is 5.26 Å². The molecule has 8 aromatic carbocycles. The van der Waals surface area contributed by atoms with E-state index in [-0.39, 0.29) is 0 Å². The van der Waals surface area contributed by atoms with Crippen molar-refractivity contribution in [1.82, 2.24) is 4.57 Å². The second kappa shape index (κ2) is 11.4. The van der Waals surface area contributed by atoms with Gasteiger partial charge in [0, 0.05) is 16.3 Å². The van der Waals surface area contributed by atoms with Crippen molar-refractivity contribution >= 4 is 43.4 Å². The van der Waals surface area contributed by atoms with E-state index in [4.69, 9.17) is 0 Å². The first kappa shape index (κ1) is 27.8. The number of para-hydroxylation sites is 2. The highest BCUT2D eigenvalue weighted by atomic mass is 15.0. The van der Waals surface area contributed by atoms with Crippen molar-refractivity contribution in [3.8, 4) is 34.0 Å². The molecule has 1 aromatic heterocycles. The van der Waals surface area contributed by atoms with Crippen LogP contribution >= 0.6 is 0 Å². The minimum Gasteiger partial charge on any atom is -0.308 e. The number of rotatable bonds is 5. The number of fused-ring (bicyclic) bond motifs is 5. The first-order valence-electron chi connectivity index (χ1n) is 16.4. The molecule has 0 saturated carbocycles. The number of nitriles is 1. The minimum atomic E-state index is 0.672. The minimum absolute atomic E-state index is 0.672. The molecule has 0 unspecified atom stereocenters. The monoisotopic (exact) mass is 610 g/mol. The Morgan fingerprint density at radius 1 is 0.438 bits per heavy atom. The molecule has 224 valence electrons. The van der Waals surface area contributed by atoms with Gasteiger partial charge in [0.05, 0.1) is 22.3 Å². The summed E-state index contributed by atoms with van der Waals surface area (Å²) in [6, 6.07) is 62.7. The lowest BCUT2D eigenvalue weighted by Gasteiger charge is -2.19. The van der Waals surface area contributed by atoms with Crippen molar-refractivity contribution in [2.45, 2.75) is 6.42 Å². The molecule has 0 atom stereocenters. The Morgan fingerprint density at radius 3 is 1.56 bits per heavy atom. The van der Waals surface area contributed by atoms with Gasteiger partial charge in [0.25, 0.3) is 0 Å². The van der Waals surface area contributed by atoms with Crippen LogP contribution in [0.2, 0.25) is 0 Å². The lowest BCUT2D eigenvalue weighted by molar-refractivity contribution is 1.16. The smallest absolute Gasteiger partial charge is 0.102 e. The zero-order valence-corrected chi connectivity index (χ0v) is 26.3. The average Bonchev–Trinajstić information content (AvgIpc) is 3.49. The number of hydrogen-bond acceptors (Lipinski definition) is 1. The second-order valence-corrected chi connectivity index (χ2v) is 12.3. The molecule has 9 rings (SSSR count). The van der Waals surface area contributed by atoms with E-state index >= 15 is 0 Å². The van der Waals surface area contributed by atoms with Gasteiger partial charge in [-0.1, -0.05) is 152 Å². The highest BCUT2D eigenvalue weighted by molar-refractivity contribution is 6.15. The molecule has 0 aliphatic heterocycles. The molecule has 0 spiro atoms. The summed E-state index contributed by atoms with van der Waals surface area (Å²) in [6.45, 7) is 0. The second-order valence-electron chi connectivity index (χ2n) is 12.3. The molecule has 0 fully saturated rings. The highest BCUT2D eigenvalue weighted by Crippen LogP contribution is 2.42. The lowest BCUT2D eigenvalue weighted by Crippen LogP contribution is -2.01. The molecule has 0 N–H and O–H groups in total. The zero-order chi connectivity index (χ0) is 32.0. The molecule has 0 aliphatic carbocycles. The number of nitrogens with zero attached hydrogens (tertiary/aromatic N) is 2. The Labute approximate surface area is 279 Å². The quantitative estimate of drug-likeness (QED) is 0.178. The first-order valence-corrected chi connectivity index (χ1v) is 16.4. The van der Waals surface area contributed by atoms with Crippen LogP contribution in [0.25, 0.3) is 71.3 Å². The van der Waals surface area contributed by atoms with Crippen LogP contribution in [-0.2, 0) is 6.42 Å². The Morgan fingerprint density at radius 2 is 0.938 bits per heavy atom. The molecule has 2 heteroatoms. The molecule has 2 nitrogen and oxygen atoms in total. The third-order valence-corrected chi connectivity index (χ3v) is 9.76. The maximum atomic E-state index is 10.8. The lowest BCUT2D eigenvalue weighted by atomic mass is 9.85. The summed E-state index contributed by atoms with van der Waals surface area (Å²) >= 11 is 0. The van der Waals surface area contributed by atoms with Gasteiger partial charge in [-0.05, 0) is 74.0 Å². The predicted molar refractivity (Wildman–Crippen MR) is 201 cm³/mol. The van der Waals surface area contributed by atoms with Gasteiger partial charge in [0.1, 0.15) is 6.07 Å². The predicted octanol–water partition coefficient (Wildman–Crippen LogP) is 11.9. The van der Waals surface area contributed by atoms with Gasteiger partial charge in [0.15, 0.2) is 0 Å². The summed E-state index contributed by atoms with van der Waals surface area (Å²) in [5.41, 5.74) is 10.8. The van der Waals surface area contributed by atoms with Gasteiger partial charge in [-0.3, -0.25) is 0 Å². The van der Waals surface area contributed by atoms with E-state index < -0.39 is 0 Å². The Bertz CT molecular complexity index is 2600. The first-order chi connectivity index (χ1) is 23.8. The number of aromatic nitrogens is 1. The SMILES string of the molecule is N#Cc1c(-c2ccccc2Cc2c3ccccc3c(-c3ccccc3)c3ccccc23)cccc1-n1c2ccccc2c2ccccc21. The standard InChI is InChI=1S/C46H30N2/c47-30-42-34(25-14-28-45(42)48-43-26-12-10-21-37(43)38-22-11-13-27-44(38)48)33-18-5-4-17-32(33)29-41-35-19-6-8-23-39(35)46(31-15-2-1-3-16-31)40-24-9-7-20-36(40)41/h1-28H,29H2. The maximum Gasteiger partial charge on any atom is 0.102 e. The summed E-state index contributed by atoms with van der Waals surface area (Å²) in [7, 11) is 0. The Hall–Kier alpha value is -6.43. The molecule has 9 aromatic rings. The van der Waals surface area contributed by atoms with E-state index in [2.05, 4.69) is 180 Å². The van der Waals surface area contributed by atoms with Crippen molar-refractivity contribution in [3.63, 3.8) is 0 Å². The van der Waals surface area contributed by atoms with Crippen molar-refractivity contribution in [2.24, 2.45) is 0 Å². The molecule has 0 radical (unpaired) electrons. The zero-order valence-electron chi connectivity index (χ0n) is 26.3. The molecule has 0 saturated heterocycles. The van der Waals surface area contributed by atoms with Gasteiger partial charge >= 0.3 is 0 Å². The van der Waals surface area contributed by atoms with Gasteiger partial charge in [-0.2, -0.15) is 5.26 Å². The summed E-state index contributed by atoms with van der Waals surface area (Å²) < 4.78 is 2.25. The van der Waals surface area contributed by atoms with Gasteiger partial charge in [0.2, 0.25) is 0 Å². The summed E-state index contributed by atoms with van der Waals surface area (Å²) in [6.07, 6.45) is 0.733. The molecule has 0 bridgehead atoms. The normalized spacial score (nSPS) is 11.4. The summed E-state index contributed by atoms with van der Waals surface area (Å²) in [5.74, 6) is 0. The maximum absolute atomic E-state index is 10.8. The fraction of sp³-hybridized carbons (Fsp3) is 0.0217. The molecule has 0 aliphatic rings. The van der Waals surface area contributed by atoms with Gasteiger partial charge < -0.3 is 4.57 Å². The van der Waals surface area contributed by atoms with Crippen LogP contribution < -0.4 is 0 Å². The number of hydrogen-bond donors (Lipinski definition) is 0. The van der Waals surface area contributed by atoms with Crippen LogP contribution in [0.1, 0.15) is 16.7 Å². The van der Waals surface area contributed by atoms with E-state index in [1.807, 2.05) is 0 Å².